The van der Waals surface area contributed by atoms with E-state index in [1.807, 2.05) is 30.3 Å². The summed E-state index contributed by atoms with van der Waals surface area (Å²) >= 11 is -0.821. The summed E-state index contributed by atoms with van der Waals surface area (Å²) in [5.41, 5.74) is 1.18. The first kappa shape index (κ1) is 12.2. The van der Waals surface area contributed by atoms with E-state index in [0.29, 0.717) is 0 Å². The van der Waals surface area contributed by atoms with Gasteiger partial charge < -0.3 is 5.11 Å². The molecule has 13 heavy (non-hydrogen) atoms. The summed E-state index contributed by atoms with van der Waals surface area (Å²) < 4.78 is 11.0. The number of alkyl halides is 1. The average Bonchev–Trinajstić information content (AvgIpc) is 2.06. The number of benzene rings is 1. The lowest BCUT2D eigenvalue weighted by atomic mass is 10.2. The highest BCUT2D eigenvalue weighted by atomic mass is 127. The second-order valence-electron chi connectivity index (χ2n) is 2.25. The second-order valence-corrected chi connectivity index (χ2v) is 3.63. The molecule has 1 aromatic carbocycles. The summed E-state index contributed by atoms with van der Waals surface area (Å²) in [7, 11) is 0. The van der Waals surface area contributed by atoms with E-state index in [9.17, 15) is 3.07 Å². The monoisotopic (exact) mass is 294 g/mol. The molecule has 1 N–H and O–H groups in total. The largest absolute Gasteiger partial charge is 0.481 e. The van der Waals surface area contributed by atoms with E-state index in [0.717, 1.165) is 11.4 Å². The molecule has 0 aliphatic carbocycles. The average molecular weight is 294 g/mol. The summed E-state index contributed by atoms with van der Waals surface area (Å²) in [6.45, 7) is 1.08. The Kier molecular flexibility index (Phi) is 7.38. The minimum Gasteiger partial charge on any atom is -0.481 e. The number of halogens is 1. The van der Waals surface area contributed by atoms with Gasteiger partial charge in [0, 0.05) is 6.92 Å². The highest BCUT2D eigenvalue weighted by Crippen LogP contribution is 2.07. The molecule has 0 bridgehead atoms. The fourth-order valence-corrected chi connectivity index (χ4v) is 1.50. The maximum Gasteiger partial charge on any atom is 0.300 e. The van der Waals surface area contributed by atoms with Gasteiger partial charge in [-0.25, -0.2) is 0 Å². The molecule has 3 nitrogen and oxygen atoms in total. The van der Waals surface area contributed by atoms with E-state index in [-0.39, 0.29) is 0 Å². The number of rotatable bonds is 2. The predicted octanol–water partition coefficient (Wildman–Crippen LogP) is 2.59. The van der Waals surface area contributed by atoms with Crippen LogP contribution in [0.5, 0.6) is 0 Å². The lowest BCUT2D eigenvalue weighted by Gasteiger charge is -1.88. The van der Waals surface area contributed by atoms with Crippen LogP contribution in [0, 0.1) is 0 Å². The summed E-state index contributed by atoms with van der Waals surface area (Å²) in [5, 5.41) is 7.42. The molecular formula is C9H11IO3. The number of aliphatic carboxylic acids is 1. The number of hydrogen-bond donors (Lipinski definition) is 1. The van der Waals surface area contributed by atoms with Gasteiger partial charge >= 0.3 is 0 Å². The molecule has 0 atom stereocenters. The zero-order valence-electron chi connectivity index (χ0n) is 7.24. The van der Waals surface area contributed by atoms with E-state index in [1.54, 1.807) is 0 Å². The van der Waals surface area contributed by atoms with Crippen molar-refractivity contribution >= 4 is 27.2 Å². The van der Waals surface area contributed by atoms with Crippen molar-refractivity contribution in [2.24, 2.45) is 0 Å². The molecule has 4 heteroatoms. The molecule has 0 amide bonds. The van der Waals surface area contributed by atoms with Crippen molar-refractivity contribution in [1.29, 1.82) is 0 Å². The third-order valence-electron chi connectivity index (χ3n) is 1.05. The SMILES string of the molecule is CC(=O)O.O=ICc1ccccc1. The molecule has 1 aromatic rings. The van der Waals surface area contributed by atoms with Crippen molar-refractivity contribution in [2.75, 3.05) is 0 Å². The van der Waals surface area contributed by atoms with Crippen molar-refractivity contribution < 1.29 is 13.0 Å². The number of carboxylic acids is 1. The van der Waals surface area contributed by atoms with Gasteiger partial charge in [-0.15, -0.1) is 0 Å². The predicted molar refractivity (Wildman–Crippen MR) is 58.2 cm³/mol. The normalized spacial score (nSPS) is 8.38. The zero-order valence-corrected chi connectivity index (χ0v) is 9.39. The van der Waals surface area contributed by atoms with Crippen LogP contribution in [0.15, 0.2) is 30.3 Å². The van der Waals surface area contributed by atoms with Gasteiger partial charge in [-0.3, -0.25) is 7.86 Å². The first-order valence-corrected chi connectivity index (χ1v) is 6.02. The molecule has 0 spiro atoms. The Bertz CT molecular complexity index is 255. The maximum absolute atomic E-state index is 10.2. The lowest BCUT2D eigenvalue weighted by molar-refractivity contribution is -0.134. The van der Waals surface area contributed by atoms with E-state index >= 15 is 0 Å². The highest BCUT2D eigenvalue weighted by molar-refractivity contribution is 14.1. The minimum absolute atomic E-state index is 0.764. The molecule has 0 aromatic heterocycles. The van der Waals surface area contributed by atoms with Gasteiger partial charge in [0.15, 0.2) is 0 Å². The van der Waals surface area contributed by atoms with Gasteiger partial charge in [-0.2, -0.15) is 0 Å². The van der Waals surface area contributed by atoms with Crippen molar-refractivity contribution in [3.05, 3.63) is 35.9 Å². The second kappa shape index (κ2) is 7.85. The van der Waals surface area contributed by atoms with Crippen molar-refractivity contribution in [1.82, 2.24) is 0 Å². The van der Waals surface area contributed by atoms with Gasteiger partial charge in [0.25, 0.3) is 5.97 Å². The molecule has 0 aliphatic rings. The van der Waals surface area contributed by atoms with Gasteiger partial charge in [0.05, 0.1) is 4.43 Å². The Hall–Kier alpha value is -0.780. The van der Waals surface area contributed by atoms with E-state index in [1.165, 1.54) is 5.56 Å². The highest BCUT2D eigenvalue weighted by Gasteiger charge is 1.85. The Morgan fingerprint density at radius 1 is 1.38 bits per heavy atom. The molecule has 0 fully saturated rings. The van der Waals surface area contributed by atoms with Crippen molar-refractivity contribution in [3.8, 4) is 0 Å². The van der Waals surface area contributed by atoms with Gasteiger partial charge in [0.1, 0.15) is 21.2 Å². The molecule has 0 aliphatic heterocycles. The minimum atomic E-state index is -0.833. The first-order chi connectivity index (χ1) is 6.16. The van der Waals surface area contributed by atoms with Gasteiger partial charge in [-0.1, -0.05) is 30.3 Å². The Balaban J connectivity index is 0.000000310. The zero-order chi connectivity index (χ0) is 10.1. The lowest BCUT2D eigenvalue weighted by Crippen LogP contribution is -1.78. The first-order valence-electron chi connectivity index (χ1n) is 3.61. The number of carbonyl (C=O) groups is 1. The molecule has 72 valence electrons. The maximum atomic E-state index is 10.2. The smallest absolute Gasteiger partial charge is 0.300 e. The standard InChI is InChI=1S/C7H7IO.C2H4O2/c9-8-6-7-4-2-1-3-5-7;1-2(3)4/h1-5H,6H2;1H3,(H,3,4). The van der Waals surface area contributed by atoms with Crippen LogP contribution in [0.25, 0.3) is 0 Å². The summed E-state index contributed by atoms with van der Waals surface area (Å²) in [4.78, 5) is 9.00. The quantitative estimate of drug-likeness (QED) is 0.674. The summed E-state index contributed by atoms with van der Waals surface area (Å²) in [5.74, 6) is -0.833. The van der Waals surface area contributed by atoms with Crippen LogP contribution in [0.3, 0.4) is 0 Å². The molecule has 0 radical (unpaired) electrons. The van der Waals surface area contributed by atoms with Crippen LogP contribution < -0.4 is 0 Å². The van der Waals surface area contributed by atoms with Crippen LogP contribution in [-0.4, -0.2) is 11.1 Å². The fourth-order valence-electron chi connectivity index (χ4n) is 0.630. The van der Waals surface area contributed by atoms with Crippen LogP contribution >= 0.6 is 21.2 Å². The van der Waals surface area contributed by atoms with Crippen LogP contribution in [-0.2, 0) is 12.3 Å². The van der Waals surface area contributed by atoms with Crippen molar-refractivity contribution in [3.63, 3.8) is 0 Å². The fraction of sp³-hybridized carbons (Fsp3) is 0.222. The summed E-state index contributed by atoms with van der Waals surface area (Å²) in [6, 6.07) is 9.89. The summed E-state index contributed by atoms with van der Waals surface area (Å²) in [6.07, 6.45) is 0. The molecular weight excluding hydrogens is 283 g/mol. The topological polar surface area (TPSA) is 54.4 Å². The van der Waals surface area contributed by atoms with Crippen LogP contribution in [0.2, 0.25) is 0 Å². The third-order valence-corrected chi connectivity index (χ3v) is 2.24. The number of carboxylic acid groups (broad SMARTS) is 1. The van der Waals surface area contributed by atoms with Gasteiger partial charge in [-0.05, 0) is 5.56 Å². The van der Waals surface area contributed by atoms with Gasteiger partial charge in [0.2, 0.25) is 0 Å². The van der Waals surface area contributed by atoms with E-state index < -0.39 is 27.2 Å². The van der Waals surface area contributed by atoms with Crippen LogP contribution in [0.1, 0.15) is 12.5 Å². The molecule has 1 rings (SSSR count). The Morgan fingerprint density at radius 2 is 1.85 bits per heavy atom. The molecule has 0 heterocycles. The Morgan fingerprint density at radius 3 is 2.23 bits per heavy atom. The molecule has 0 unspecified atom stereocenters. The van der Waals surface area contributed by atoms with Crippen LogP contribution in [0.4, 0.5) is 0 Å². The van der Waals surface area contributed by atoms with E-state index in [2.05, 4.69) is 0 Å². The van der Waals surface area contributed by atoms with Crippen molar-refractivity contribution in [2.45, 2.75) is 11.4 Å². The third kappa shape index (κ3) is 9.13. The van der Waals surface area contributed by atoms with E-state index in [4.69, 9.17) is 9.90 Å². The Labute approximate surface area is 87.4 Å². The molecule has 0 saturated heterocycles. The number of hydrogen-bond acceptors (Lipinski definition) is 2. The molecule has 0 saturated carbocycles.